The van der Waals surface area contributed by atoms with Crippen molar-refractivity contribution in [1.29, 1.82) is 0 Å². The Labute approximate surface area is 81.6 Å². The van der Waals surface area contributed by atoms with Gasteiger partial charge in [-0.15, -0.1) is 0 Å². The van der Waals surface area contributed by atoms with Crippen molar-refractivity contribution in [3.63, 3.8) is 0 Å². The summed E-state index contributed by atoms with van der Waals surface area (Å²) < 4.78 is 25.9. The average Bonchev–Trinajstić information content (AvgIpc) is 2.11. The summed E-state index contributed by atoms with van der Waals surface area (Å²) in [7, 11) is 0. The Morgan fingerprint density at radius 2 is 2.00 bits per heavy atom. The van der Waals surface area contributed by atoms with E-state index in [1.807, 2.05) is 0 Å². The molecule has 1 aromatic rings. The molecular weight excluding hydrogens is 188 g/mol. The molecule has 0 aliphatic carbocycles. The van der Waals surface area contributed by atoms with Gasteiger partial charge in [-0.25, -0.2) is 8.78 Å². The van der Waals surface area contributed by atoms with Gasteiger partial charge >= 0.3 is 0 Å². The molecule has 0 amide bonds. The number of hydrogen-bond acceptors (Lipinski definition) is 2. The summed E-state index contributed by atoms with van der Waals surface area (Å²) in [5.41, 5.74) is -0.613. The number of hydrogen-bond donors (Lipinski definition) is 2. The third kappa shape index (κ3) is 2.67. The SMILES string of the molecule is CC(C)(CO)Nc1cc(F)ccc1F. The van der Waals surface area contributed by atoms with Gasteiger partial charge in [-0.3, -0.25) is 0 Å². The van der Waals surface area contributed by atoms with Gasteiger partial charge in [-0.05, 0) is 32.0 Å². The lowest BCUT2D eigenvalue weighted by atomic mass is 10.1. The van der Waals surface area contributed by atoms with Crippen LogP contribution >= 0.6 is 0 Å². The van der Waals surface area contributed by atoms with Crippen molar-refractivity contribution in [3.05, 3.63) is 29.8 Å². The second-order valence-corrected chi connectivity index (χ2v) is 3.79. The molecule has 2 N–H and O–H groups in total. The molecule has 1 rings (SSSR count). The molecular formula is C10H13F2NO. The molecule has 14 heavy (non-hydrogen) atoms. The second-order valence-electron chi connectivity index (χ2n) is 3.79. The van der Waals surface area contributed by atoms with E-state index in [1.165, 1.54) is 0 Å². The molecule has 0 radical (unpaired) electrons. The van der Waals surface area contributed by atoms with Gasteiger partial charge in [0.25, 0.3) is 0 Å². The van der Waals surface area contributed by atoms with Crippen LogP contribution in [0.2, 0.25) is 0 Å². The second kappa shape index (κ2) is 3.92. The van der Waals surface area contributed by atoms with Gasteiger partial charge in [0.05, 0.1) is 17.8 Å². The highest BCUT2D eigenvalue weighted by Gasteiger charge is 2.17. The number of anilines is 1. The first-order valence-corrected chi connectivity index (χ1v) is 4.29. The Bertz CT molecular complexity index is 326. The van der Waals surface area contributed by atoms with Crippen LogP contribution in [0, 0.1) is 11.6 Å². The van der Waals surface area contributed by atoms with E-state index in [2.05, 4.69) is 5.32 Å². The molecule has 0 aromatic heterocycles. The highest BCUT2D eigenvalue weighted by molar-refractivity contribution is 5.46. The first kappa shape index (κ1) is 10.9. The quantitative estimate of drug-likeness (QED) is 0.785. The van der Waals surface area contributed by atoms with E-state index in [0.717, 1.165) is 18.2 Å². The smallest absolute Gasteiger partial charge is 0.146 e. The lowest BCUT2D eigenvalue weighted by Crippen LogP contribution is -2.35. The molecule has 0 aliphatic heterocycles. The molecule has 0 unspecified atom stereocenters. The summed E-state index contributed by atoms with van der Waals surface area (Å²) in [6.07, 6.45) is 0. The predicted octanol–water partition coefficient (Wildman–Crippen LogP) is 2.15. The van der Waals surface area contributed by atoms with Gasteiger partial charge in [0.1, 0.15) is 11.6 Å². The van der Waals surface area contributed by atoms with Crippen LogP contribution in [0.5, 0.6) is 0 Å². The van der Waals surface area contributed by atoms with Crippen molar-refractivity contribution in [3.8, 4) is 0 Å². The van der Waals surface area contributed by atoms with Gasteiger partial charge in [0.15, 0.2) is 0 Å². The number of aliphatic hydroxyl groups excluding tert-OH is 1. The molecule has 0 spiro atoms. The van der Waals surface area contributed by atoms with E-state index in [9.17, 15) is 8.78 Å². The average molecular weight is 201 g/mol. The van der Waals surface area contributed by atoms with Crippen molar-refractivity contribution < 1.29 is 13.9 Å². The maximum absolute atomic E-state index is 13.1. The number of aliphatic hydroxyl groups is 1. The lowest BCUT2D eigenvalue weighted by Gasteiger charge is -2.25. The molecule has 0 atom stereocenters. The first-order chi connectivity index (χ1) is 6.44. The Morgan fingerprint density at radius 1 is 1.36 bits per heavy atom. The van der Waals surface area contributed by atoms with E-state index in [4.69, 9.17) is 5.11 Å². The van der Waals surface area contributed by atoms with Gasteiger partial charge < -0.3 is 10.4 Å². The van der Waals surface area contributed by atoms with Crippen LogP contribution in [0.15, 0.2) is 18.2 Å². The van der Waals surface area contributed by atoms with Crippen LogP contribution in [0.25, 0.3) is 0 Å². The van der Waals surface area contributed by atoms with Crippen LogP contribution in [0.4, 0.5) is 14.5 Å². The minimum Gasteiger partial charge on any atom is -0.394 e. The molecule has 78 valence electrons. The van der Waals surface area contributed by atoms with Crippen molar-refractivity contribution in [1.82, 2.24) is 0 Å². The van der Waals surface area contributed by atoms with Crippen LogP contribution in [-0.4, -0.2) is 17.3 Å². The van der Waals surface area contributed by atoms with Gasteiger partial charge in [-0.1, -0.05) is 0 Å². The normalized spacial score (nSPS) is 11.5. The van der Waals surface area contributed by atoms with E-state index < -0.39 is 17.2 Å². The number of halogens is 2. The minimum absolute atomic E-state index is 0.0593. The Hall–Kier alpha value is -1.16. The molecule has 4 heteroatoms. The molecule has 2 nitrogen and oxygen atoms in total. The van der Waals surface area contributed by atoms with Gasteiger partial charge in [0, 0.05) is 0 Å². The molecule has 0 bridgehead atoms. The fourth-order valence-electron chi connectivity index (χ4n) is 0.997. The summed E-state index contributed by atoms with van der Waals surface area (Å²) in [5.74, 6) is -1.05. The fraction of sp³-hybridized carbons (Fsp3) is 0.400. The molecule has 0 fully saturated rings. The summed E-state index contributed by atoms with van der Waals surface area (Å²) in [4.78, 5) is 0. The standard InChI is InChI=1S/C10H13F2NO/c1-10(2,6-14)13-9-5-7(11)3-4-8(9)12/h3-5,13-14H,6H2,1-2H3. The number of nitrogens with one attached hydrogen (secondary N) is 1. The van der Waals surface area contributed by atoms with Crippen LogP contribution in [0.1, 0.15) is 13.8 Å². The summed E-state index contributed by atoms with van der Waals surface area (Å²) in [6.45, 7) is 3.22. The van der Waals surface area contributed by atoms with Gasteiger partial charge in [0.2, 0.25) is 0 Å². The van der Waals surface area contributed by atoms with E-state index in [1.54, 1.807) is 13.8 Å². The predicted molar refractivity (Wildman–Crippen MR) is 51.1 cm³/mol. The van der Waals surface area contributed by atoms with E-state index in [-0.39, 0.29) is 12.3 Å². The number of benzene rings is 1. The Morgan fingerprint density at radius 3 is 2.57 bits per heavy atom. The largest absolute Gasteiger partial charge is 0.394 e. The zero-order valence-electron chi connectivity index (χ0n) is 8.14. The van der Waals surface area contributed by atoms with Crippen molar-refractivity contribution in [2.75, 3.05) is 11.9 Å². The molecule has 0 saturated carbocycles. The summed E-state index contributed by atoms with van der Waals surface area (Å²) in [5, 5.41) is 11.6. The van der Waals surface area contributed by atoms with Crippen LogP contribution in [-0.2, 0) is 0 Å². The van der Waals surface area contributed by atoms with Gasteiger partial charge in [-0.2, -0.15) is 0 Å². The molecule has 0 aliphatic rings. The minimum atomic E-state index is -0.672. The van der Waals surface area contributed by atoms with E-state index >= 15 is 0 Å². The summed E-state index contributed by atoms with van der Waals surface area (Å²) in [6, 6.07) is 3.16. The molecule has 0 saturated heterocycles. The Kier molecular flexibility index (Phi) is 3.06. The van der Waals surface area contributed by atoms with Crippen molar-refractivity contribution in [2.45, 2.75) is 19.4 Å². The lowest BCUT2D eigenvalue weighted by molar-refractivity contribution is 0.234. The topological polar surface area (TPSA) is 32.3 Å². The maximum Gasteiger partial charge on any atom is 0.146 e. The van der Waals surface area contributed by atoms with E-state index in [0.29, 0.717) is 0 Å². The maximum atomic E-state index is 13.1. The van der Waals surface area contributed by atoms with Crippen molar-refractivity contribution >= 4 is 5.69 Å². The Balaban J connectivity index is 2.91. The first-order valence-electron chi connectivity index (χ1n) is 4.29. The molecule has 1 aromatic carbocycles. The third-order valence-corrected chi connectivity index (χ3v) is 1.80. The zero-order chi connectivity index (χ0) is 10.8. The van der Waals surface area contributed by atoms with Crippen LogP contribution in [0.3, 0.4) is 0 Å². The fourth-order valence-corrected chi connectivity index (χ4v) is 0.997. The van der Waals surface area contributed by atoms with Crippen molar-refractivity contribution in [2.24, 2.45) is 0 Å². The monoisotopic (exact) mass is 201 g/mol. The molecule has 0 heterocycles. The zero-order valence-corrected chi connectivity index (χ0v) is 8.14. The summed E-state index contributed by atoms with van der Waals surface area (Å²) >= 11 is 0. The highest BCUT2D eigenvalue weighted by atomic mass is 19.1. The number of rotatable bonds is 3. The highest BCUT2D eigenvalue weighted by Crippen LogP contribution is 2.19. The van der Waals surface area contributed by atoms with Crippen LogP contribution < -0.4 is 5.32 Å². The third-order valence-electron chi connectivity index (χ3n) is 1.80.